The van der Waals surface area contributed by atoms with Crippen molar-refractivity contribution < 1.29 is 19.1 Å². The summed E-state index contributed by atoms with van der Waals surface area (Å²) in [6.07, 6.45) is 0. The van der Waals surface area contributed by atoms with E-state index in [9.17, 15) is 9.59 Å². The lowest BCUT2D eigenvalue weighted by molar-refractivity contribution is 0.102. The molecule has 10 heteroatoms. The molecule has 3 rings (SSSR count). The van der Waals surface area contributed by atoms with E-state index in [4.69, 9.17) is 32.7 Å². The maximum Gasteiger partial charge on any atom is 0.336 e. The summed E-state index contributed by atoms with van der Waals surface area (Å²) >= 11 is 16.5. The molecule has 166 valence electrons. The van der Waals surface area contributed by atoms with Gasteiger partial charge in [-0.1, -0.05) is 48.1 Å². The van der Waals surface area contributed by atoms with Crippen molar-refractivity contribution >= 4 is 65.0 Å². The predicted molar refractivity (Wildman–Crippen MR) is 131 cm³/mol. The minimum atomic E-state index is -0.531. The van der Waals surface area contributed by atoms with Gasteiger partial charge in [0.1, 0.15) is 5.75 Å². The van der Waals surface area contributed by atoms with Crippen molar-refractivity contribution in [2.45, 2.75) is 0 Å². The number of anilines is 3. The number of amides is 3. The number of halogens is 2. The van der Waals surface area contributed by atoms with Crippen LogP contribution in [0.5, 0.6) is 11.5 Å². The van der Waals surface area contributed by atoms with Gasteiger partial charge in [-0.2, -0.15) is 0 Å². The molecule has 3 amide bonds. The fourth-order valence-electron chi connectivity index (χ4n) is 2.84. The molecule has 0 bridgehead atoms. The summed E-state index contributed by atoms with van der Waals surface area (Å²) in [5, 5.41) is 5.96. The molecule has 0 aliphatic rings. The van der Waals surface area contributed by atoms with Crippen molar-refractivity contribution in [3.63, 3.8) is 0 Å². The van der Waals surface area contributed by atoms with E-state index in [-0.39, 0.29) is 16.0 Å². The van der Waals surface area contributed by atoms with E-state index in [0.29, 0.717) is 34.1 Å². The Morgan fingerprint density at radius 3 is 2.09 bits per heavy atom. The van der Waals surface area contributed by atoms with Gasteiger partial charge in [0.25, 0.3) is 5.91 Å². The molecule has 0 aliphatic carbocycles. The fourth-order valence-corrected chi connectivity index (χ4v) is 3.66. The fraction of sp³-hybridized carbons (Fsp3) is 0.0909. The van der Waals surface area contributed by atoms with Crippen molar-refractivity contribution in [3.8, 4) is 11.5 Å². The molecule has 3 aromatic carbocycles. The van der Waals surface area contributed by atoms with E-state index in [2.05, 4.69) is 23.4 Å². The quantitative estimate of drug-likeness (QED) is 0.361. The number of para-hydroxylation sites is 1. The SMILES string of the molecule is COc1ccccc1C(=O)Nc1ccc(N(S)C(=O)Nc2cc(Cl)c(OC)c(Cl)c2)cc1. The molecule has 0 spiro atoms. The Bertz CT molecular complexity index is 1120. The molecule has 0 aromatic heterocycles. The zero-order chi connectivity index (χ0) is 23.3. The number of hydrogen-bond acceptors (Lipinski definition) is 5. The lowest BCUT2D eigenvalue weighted by atomic mass is 10.2. The standard InChI is InChI=1S/C22H19Cl2N3O4S/c1-30-19-6-4-3-5-16(19)21(28)25-13-7-9-15(10-8-13)27(32)22(29)26-14-11-17(23)20(31-2)18(24)12-14/h3-12,32H,1-2H3,(H,25,28)(H,26,29). The molecule has 0 unspecified atom stereocenters. The molecule has 0 aliphatic heterocycles. The van der Waals surface area contributed by atoms with Crippen LogP contribution < -0.4 is 24.4 Å². The van der Waals surface area contributed by atoms with Gasteiger partial charge < -0.3 is 20.1 Å². The zero-order valence-electron chi connectivity index (χ0n) is 17.1. The first kappa shape index (κ1) is 23.6. The maximum absolute atomic E-state index is 12.5. The third kappa shape index (κ3) is 5.40. The number of rotatable bonds is 6. The molecule has 0 atom stereocenters. The van der Waals surface area contributed by atoms with Gasteiger partial charge in [-0.05, 0) is 48.5 Å². The van der Waals surface area contributed by atoms with Crippen LogP contribution >= 0.6 is 36.0 Å². The Hall–Kier alpha value is -3.07. The molecule has 3 aromatic rings. The van der Waals surface area contributed by atoms with Crippen molar-refractivity contribution in [3.05, 3.63) is 76.3 Å². The van der Waals surface area contributed by atoms with Gasteiger partial charge in [0.2, 0.25) is 0 Å². The number of nitrogens with zero attached hydrogens (tertiary/aromatic N) is 1. The molecule has 32 heavy (non-hydrogen) atoms. The minimum absolute atomic E-state index is 0.260. The van der Waals surface area contributed by atoms with Gasteiger partial charge in [0, 0.05) is 11.4 Å². The van der Waals surface area contributed by atoms with Crippen molar-refractivity contribution in [2.24, 2.45) is 0 Å². The van der Waals surface area contributed by atoms with Gasteiger partial charge in [-0.15, -0.1) is 0 Å². The highest BCUT2D eigenvalue weighted by atomic mass is 35.5. The summed E-state index contributed by atoms with van der Waals surface area (Å²) in [6.45, 7) is 0. The van der Waals surface area contributed by atoms with Gasteiger partial charge >= 0.3 is 6.03 Å². The Kier molecular flexibility index (Phi) is 7.74. The van der Waals surface area contributed by atoms with Gasteiger partial charge in [-0.3, -0.25) is 4.79 Å². The number of ether oxygens (including phenoxy) is 2. The normalized spacial score (nSPS) is 10.3. The molecule has 2 N–H and O–H groups in total. The number of thiol groups is 1. The van der Waals surface area contributed by atoms with Crippen LogP contribution in [-0.2, 0) is 0 Å². The van der Waals surface area contributed by atoms with E-state index in [1.54, 1.807) is 48.5 Å². The first-order valence-electron chi connectivity index (χ1n) is 9.21. The minimum Gasteiger partial charge on any atom is -0.496 e. The van der Waals surface area contributed by atoms with Crippen LogP contribution in [0.15, 0.2) is 60.7 Å². The van der Waals surface area contributed by atoms with E-state index in [0.717, 1.165) is 4.31 Å². The molecule has 0 saturated carbocycles. The number of benzene rings is 3. The molecule has 0 fully saturated rings. The highest BCUT2D eigenvalue weighted by Crippen LogP contribution is 2.36. The van der Waals surface area contributed by atoms with E-state index in [1.807, 2.05) is 0 Å². The van der Waals surface area contributed by atoms with Crippen LogP contribution in [0, 0.1) is 0 Å². The highest BCUT2D eigenvalue weighted by Gasteiger charge is 2.16. The monoisotopic (exact) mass is 491 g/mol. The summed E-state index contributed by atoms with van der Waals surface area (Å²) in [5.41, 5.74) is 1.81. The molecular formula is C22H19Cl2N3O4S. The number of urea groups is 1. The highest BCUT2D eigenvalue weighted by molar-refractivity contribution is 7.82. The van der Waals surface area contributed by atoms with E-state index >= 15 is 0 Å². The van der Waals surface area contributed by atoms with Crippen LogP contribution in [0.25, 0.3) is 0 Å². The number of carbonyl (C=O) groups excluding carboxylic acids is 2. The van der Waals surface area contributed by atoms with Gasteiger partial charge in [-0.25, -0.2) is 9.10 Å². The largest absolute Gasteiger partial charge is 0.496 e. The molecular weight excluding hydrogens is 473 g/mol. The van der Waals surface area contributed by atoms with Crippen molar-refractivity contribution in [1.29, 1.82) is 0 Å². The number of carbonyl (C=O) groups is 2. The second-order valence-corrected chi connectivity index (χ2v) is 7.63. The maximum atomic E-state index is 12.5. The smallest absolute Gasteiger partial charge is 0.336 e. The van der Waals surface area contributed by atoms with Crippen molar-refractivity contribution in [1.82, 2.24) is 0 Å². The molecule has 0 radical (unpaired) electrons. The van der Waals surface area contributed by atoms with Gasteiger partial charge in [0.05, 0.1) is 35.5 Å². The average molecular weight is 492 g/mol. The third-order valence-electron chi connectivity index (χ3n) is 4.37. The lowest BCUT2D eigenvalue weighted by Gasteiger charge is -2.18. The summed E-state index contributed by atoms with van der Waals surface area (Å²) < 4.78 is 11.4. The number of hydrogen-bond donors (Lipinski definition) is 3. The topological polar surface area (TPSA) is 79.9 Å². The Morgan fingerprint density at radius 2 is 1.50 bits per heavy atom. The lowest BCUT2D eigenvalue weighted by Crippen LogP contribution is -2.26. The summed E-state index contributed by atoms with van der Waals surface area (Å²) in [5.74, 6) is 0.474. The summed E-state index contributed by atoms with van der Waals surface area (Å²) in [7, 11) is 2.95. The van der Waals surface area contributed by atoms with Crippen molar-refractivity contribution in [2.75, 3.05) is 29.2 Å². The summed E-state index contributed by atoms with van der Waals surface area (Å²) in [6, 6.07) is 16.0. The Labute approximate surface area is 200 Å². The Morgan fingerprint density at radius 1 is 0.875 bits per heavy atom. The van der Waals surface area contributed by atoms with Crippen LogP contribution in [0.1, 0.15) is 10.4 Å². The van der Waals surface area contributed by atoms with E-state index < -0.39 is 6.03 Å². The predicted octanol–water partition coefficient (Wildman–Crippen LogP) is 6.15. The first-order chi connectivity index (χ1) is 15.3. The van der Waals surface area contributed by atoms with Crippen LogP contribution in [0.3, 0.4) is 0 Å². The Balaban J connectivity index is 1.67. The van der Waals surface area contributed by atoms with Crippen LogP contribution in [-0.4, -0.2) is 26.2 Å². The average Bonchev–Trinajstić information content (AvgIpc) is 2.78. The first-order valence-corrected chi connectivity index (χ1v) is 10.4. The second kappa shape index (κ2) is 10.5. The van der Waals surface area contributed by atoms with E-state index in [1.165, 1.54) is 26.4 Å². The summed E-state index contributed by atoms with van der Waals surface area (Å²) in [4.78, 5) is 25.1. The second-order valence-electron chi connectivity index (χ2n) is 6.42. The van der Waals surface area contributed by atoms with Crippen LogP contribution in [0.2, 0.25) is 10.0 Å². The molecule has 0 heterocycles. The zero-order valence-corrected chi connectivity index (χ0v) is 19.5. The van der Waals surface area contributed by atoms with Crippen LogP contribution in [0.4, 0.5) is 21.9 Å². The third-order valence-corrected chi connectivity index (χ3v) is 5.34. The number of methoxy groups -OCH3 is 2. The molecule has 7 nitrogen and oxygen atoms in total. The van der Waals surface area contributed by atoms with Gasteiger partial charge in [0.15, 0.2) is 5.75 Å². The number of nitrogens with one attached hydrogen (secondary N) is 2. The molecule has 0 saturated heterocycles.